The molecule has 1 aliphatic rings. The van der Waals surface area contributed by atoms with E-state index in [1.165, 1.54) is 12.1 Å². The zero-order chi connectivity index (χ0) is 14.5. The SMILES string of the molecule is CCN1CCOC(COC(=O)c2ccc(F)c(N)c2)C1. The van der Waals surface area contributed by atoms with Gasteiger partial charge in [0.05, 0.1) is 17.9 Å². The van der Waals surface area contributed by atoms with Crippen LogP contribution in [0.3, 0.4) is 0 Å². The Hall–Kier alpha value is -1.66. The molecule has 1 fully saturated rings. The average molecular weight is 282 g/mol. The summed E-state index contributed by atoms with van der Waals surface area (Å²) in [5.74, 6) is -1.07. The van der Waals surface area contributed by atoms with E-state index >= 15 is 0 Å². The smallest absolute Gasteiger partial charge is 0.338 e. The van der Waals surface area contributed by atoms with Crippen molar-refractivity contribution in [2.45, 2.75) is 13.0 Å². The predicted octanol–water partition coefficient (Wildman–Crippen LogP) is 1.29. The number of likely N-dealkylation sites (N-methyl/N-ethyl adjacent to an activating group) is 1. The van der Waals surface area contributed by atoms with Crippen LogP contribution in [-0.2, 0) is 9.47 Å². The van der Waals surface area contributed by atoms with E-state index < -0.39 is 11.8 Å². The fourth-order valence-electron chi connectivity index (χ4n) is 2.09. The van der Waals surface area contributed by atoms with E-state index in [2.05, 4.69) is 11.8 Å². The Bertz CT molecular complexity index is 481. The lowest BCUT2D eigenvalue weighted by atomic mass is 10.2. The molecule has 0 radical (unpaired) electrons. The topological polar surface area (TPSA) is 64.8 Å². The van der Waals surface area contributed by atoms with Crippen LogP contribution in [0.15, 0.2) is 18.2 Å². The van der Waals surface area contributed by atoms with Crippen molar-refractivity contribution in [1.82, 2.24) is 4.90 Å². The third kappa shape index (κ3) is 3.68. The second-order valence-corrected chi connectivity index (χ2v) is 4.72. The molecule has 5 nitrogen and oxygen atoms in total. The maximum atomic E-state index is 13.0. The molecule has 1 aromatic carbocycles. The molecule has 6 heteroatoms. The maximum Gasteiger partial charge on any atom is 0.338 e. The molecule has 0 bridgehead atoms. The summed E-state index contributed by atoms with van der Waals surface area (Å²) in [6.07, 6.45) is -0.120. The van der Waals surface area contributed by atoms with Gasteiger partial charge in [-0.1, -0.05) is 6.92 Å². The van der Waals surface area contributed by atoms with Gasteiger partial charge in [0.1, 0.15) is 18.5 Å². The highest BCUT2D eigenvalue weighted by Crippen LogP contribution is 2.14. The fourth-order valence-corrected chi connectivity index (χ4v) is 2.09. The summed E-state index contributed by atoms with van der Waals surface area (Å²) in [6.45, 7) is 5.49. The minimum atomic E-state index is -0.546. The number of esters is 1. The number of anilines is 1. The molecule has 0 saturated carbocycles. The third-order valence-electron chi connectivity index (χ3n) is 3.30. The minimum absolute atomic E-state index is 0.0643. The van der Waals surface area contributed by atoms with Gasteiger partial charge in [0.2, 0.25) is 0 Å². The number of nitrogens with two attached hydrogens (primary N) is 1. The van der Waals surface area contributed by atoms with Gasteiger partial charge in [-0.05, 0) is 24.7 Å². The van der Waals surface area contributed by atoms with Crippen molar-refractivity contribution in [2.75, 3.05) is 38.6 Å². The third-order valence-corrected chi connectivity index (χ3v) is 3.30. The quantitative estimate of drug-likeness (QED) is 0.666. The molecule has 1 saturated heterocycles. The summed E-state index contributed by atoms with van der Waals surface area (Å²) in [7, 11) is 0. The highest BCUT2D eigenvalue weighted by molar-refractivity contribution is 5.90. The van der Waals surface area contributed by atoms with Gasteiger partial charge in [-0.2, -0.15) is 0 Å². The van der Waals surface area contributed by atoms with E-state index in [0.717, 1.165) is 25.7 Å². The van der Waals surface area contributed by atoms with Crippen LogP contribution in [-0.4, -0.2) is 49.8 Å². The first-order chi connectivity index (χ1) is 9.60. The van der Waals surface area contributed by atoms with E-state index in [9.17, 15) is 9.18 Å². The molecule has 20 heavy (non-hydrogen) atoms. The Kier molecular flexibility index (Phi) is 4.92. The van der Waals surface area contributed by atoms with Gasteiger partial charge in [-0.15, -0.1) is 0 Å². The molecule has 0 aliphatic carbocycles. The zero-order valence-electron chi connectivity index (χ0n) is 11.5. The van der Waals surface area contributed by atoms with Crippen LogP contribution in [0.25, 0.3) is 0 Å². The lowest BCUT2D eigenvalue weighted by Crippen LogP contribution is -2.44. The summed E-state index contributed by atoms with van der Waals surface area (Å²) < 4.78 is 23.7. The van der Waals surface area contributed by atoms with Crippen LogP contribution in [0, 0.1) is 5.82 Å². The van der Waals surface area contributed by atoms with Crippen molar-refractivity contribution in [3.05, 3.63) is 29.6 Å². The number of rotatable bonds is 4. The maximum absolute atomic E-state index is 13.0. The molecule has 0 spiro atoms. The van der Waals surface area contributed by atoms with Crippen LogP contribution < -0.4 is 5.73 Å². The highest BCUT2D eigenvalue weighted by Gasteiger charge is 2.21. The van der Waals surface area contributed by atoms with Crippen molar-refractivity contribution < 1.29 is 18.7 Å². The largest absolute Gasteiger partial charge is 0.459 e. The number of nitrogen functional groups attached to an aromatic ring is 1. The standard InChI is InChI=1S/C14H19FN2O3/c1-2-17-5-6-19-11(8-17)9-20-14(18)10-3-4-12(15)13(16)7-10/h3-4,7,11H,2,5-6,8-9,16H2,1H3. The van der Waals surface area contributed by atoms with Crippen molar-refractivity contribution in [3.8, 4) is 0 Å². The molecule has 110 valence electrons. The lowest BCUT2D eigenvalue weighted by Gasteiger charge is -2.31. The fraction of sp³-hybridized carbons (Fsp3) is 0.500. The highest BCUT2D eigenvalue weighted by atomic mass is 19.1. The number of carbonyl (C=O) groups excluding carboxylic acids is 1. The summed E-state index contributed by atoms with van der Waals surface area (Å²) in [5.41, 5.74) is 5.60. The van der Waals surface area contributed by atoms with Gasteiger partial charge in [-0.25, -0.2) is 9.18 Å². The first-order valence-electron chi connectivity index (χ1n) is 6.66. The van der Waals surface area contributed by atoms with E-state index in [-0.39, 0.29) is 24.0 Å². The Morgan fingerprint density at radius 3 is 3.10 bits per heavy atom. The number of hydrogen-bond acceptors (Lipinski definition) is 5. The van der Waals surface area contributed by atoms with Crippen LogP contribution in [0.2, 0.25) is 0 Å². The molecule has 1 atom stereocenters. The number of hydrogen-bond donors (Lipinski definition) is 1. The van der Waals surface area contributed by atoms with Crippen LogP contribution in [0.5, 0.6) is 0 Å². The molecule has 1 aromatic rings. The number of ether oxygens (including phenoxy) is 2. The molecule has 1 aliphatic heterocycles. The number of benzene rings is 1. The van der Waals surface area contributed by atoms with Gasteiger partial charge in [-0.3, -0.25) is 4.90 Å². The Labute approximate surface area is 117 Å². The summed E-state index contributed by atoms with van der Waals surface area (Å²) in [5, 5.41) is 0. The molecule has 2 rings (SSSR count). The monoisotopic (exact) mass is 282 g/mol. The summed E-state index contributed by atoms with van der Waals surface area (Å²) in [4.78, 5) is 14.1. The Balaban J connectivity index is 1.87. The summed E-state index contributed by atoms with van der Waals surface area (Å²) >= 11 is 0. The molecular formula is C14H19FN2O3. The van der Waals surface area contributed by atoms with Crippen molar-refractivity contribution >= 4 is 11.7 Å². The van der Waals surface area contributed by atoms with Crippen LogP contribution in [0.4, 0.5) is 10.1 Å². The molecule has 1 heterocycles. The number of carbonyl (C=O) groups is 1. The normalized spacial score (nSPS) is 19.8. The first kappa shape index (κ1) is 14.7. The Morgan fingerprint density at radius 2 is 2.40 bits per heavy atom. The van der Waals surface area contributed by atoms with Crippen LogP contribution in [0.1, 0.15) is 17.3 Å². The van der Waals surface area contributed by atoms with E-state index in [1.54, 1.807) is 0 Å². The van der Waals surface area contributed by atoms with Gasteiger partial charge in [0.25, 0.3) is 0 Å². The second-order valence-electron chi connectivity index (χ2n) is 4.72. The number of morpholine rings is 1. The van der Waals surface area contributed by atoms with Crippen molar-refractivity contribution in [2.24, 2.45) is 0 Å². The zero-order valence-corrected chi connectivity index (χ0v) is 11.5. The van der Waals surface area contributed by atoms with Gasteiger partial charge < -0.3 is 15.2 Å². The van der Waals surface area contributed by atoms with Gasteiger partial charge in [0, 0.05) is 13.1 Å². The average Bonchev–Trinajstić information content (AvgIpc) is 2.47. The minimum Gasteiger partial charge on any atom is -0.459 e. The van der Waals surface area contributed by atoms with Gasteiger partial charge >= 0.3 is 5.97 Å². The van der Waals surface area contributed by atoms with Crippen molar-refractivity contribution in [3.63, 3.8) is 0 Å². The first-order valence-corrected chi connectivity index (χ1v) is 6.66. The predicted molar refractivity (Wildman–Crippen MR) is 72.9 cm³/mol. The molecule has 1 unspecified atom stereocenters. The van der Waals surface area contributed by atoms with Crippen molar-refractivity contribution in [1.29, 1.82) is 0 Å². The van der Waals surface area contributed by atoms with E-state index in [0.29, 0.717) is 6.61 Å². The van der Waals surface area contributed by atoms with E-state index in [4.69, 9.17) is 15.2 Å². The Morgan fingerprint density at radius 1 is 1.60 bits per heavy atom. The molecular weight excluding hydrogens is 263 g/mol. The number of halogens is 1. The lowest BCUT2D eigenvalue weighted by molar-refractivity contribution is -0.0578. The van der Waals surface area contributed by atoms with Gasteiger partial charge in [0.15, 0.2) is 0 Å². The molecule has 0 aromatic heterocycles. The van der Waals surface area contributed by atoms with Crippen LogP contribution >= 0.6 is 0 Å². The van der Waals surface area contributed by atoms with E-state index in [1.807, 2.05) is 0 Å². The molecule has 0 amide bonds. The second kappa shape index (κ2) is 6.67. The summed E-state index contributed by atoms with van der Waals surface area (Å²) in [6, 6.07) is 3.79. The number of nitrogens with zero attached hydrogens (tertiary/aromatic N) is 1. The molecule has 2 N–H and O–H groups in total.